The summed E-state index contributed by atoms with van der Waals surface area (Å²) < 4.78 is 5.05. The second-order valence-corrected chi connectivity index (χ2v) is 6.46. The van der Waals surface area contributed by atoms with E-state index in [4.69, 9.17) is 4.74 Å². The largest absolute Gasteiger partial charge is 0.504 e. The van der Waals surface area contributed by atoms with E-state index in [1.165, 1.54) is 32.8 Å². The molecule has 1 aromatic rings. The van der Waals surface area contributed by atoms with Gasteiger partial charge in [0.1, 0.15) is 0 Å². The van der Waals surface area contributed by atoms with Crippen LogP contribution in [0.5, 0.6) is 11.5 Å². The number of carbonyl (C=O) groups is 1. The van der Waals surface area contributed by atoms with Crippen LogP contribution >= 0.6 is 0 Å². The van der Waals surface area contributed by atoms with E-state index in [9.17, 15) is 9.90 Å². The molecular weight excluding hydrogens is 266 g/mol. The van der Waals surface area contributed by atoms with Crippen LogP contribution in [0.25, 0.3) is 0 Å². The smallest absolute Gasteiger partial charge is 0.255 e. The van der Waals surface area contributed by atoms with Crippen molar-refractivity contribution in [2.75, 3.05) is 7.11 Å². The number of ether oxygens (including phenoxy) is 1. The van der Waals surface area contributed by atoms with Crippen LogP contribution in [0.15, 0.2) is 18.2 Å². The number of nitrogens with one attached hydrogen (secondary N) is 1. The molecule has 1 amide bonds. The molecule has 0 radical (unpaired) electrons. The highest BCUT2D eigenvalue weighted by Crippen LogP contribution is 2.49. The summed E-state index contributed by atoms with van der Waals surface area (Å²) in [5, 5.41) is 13.1. The maximum absolute atomic E-state index is 12.4. The second-order valence-electron chi connectivity index (χ2n) is 6.46. The van der Waals surface area contributed by atoms with Crippen LogP contribution < -0.4 is 10.1 Å². The van der Waals surface area contributed by atoms with Crippen LogP contribution in [0, 0.1) is 17.8 Å². The third kappa shape index (κ3) is 2.59. The van der Waals surface area contributed by atoms with Gasteiger partial charge in [-0.05, 0) is 56.1 Å². The molecule has 4 heteroatoms. The lowest BCUT2D eigenvalue weighted by atomic mass is 9.84. The summed E-state index contributed by atoms with van der Waals surface area (Å²) in [6, 6.07) is 5.14. The number of hydrogen-bond donors (Lipinski definition) is 2. The molecule has 21 heavy (non-hydrogen) atoms. The van der Waals surface area contributed by atoms with Crippen molar-refractivity contribution in [2.45, 2.75) is 38.6 Å². The Morgan fingerprint density at radius 2 is 2.19 bits per heavy atom. The number of carbonyl (C=O) groups excluding carboxylic acids is 1. The summed E-state index contributed by atoms with van der Waals surface area (Å²) >= 11 is 0. The Bertz CT molecular complexity index is 543. The molecule has 2 fully saturated rings. The fraction of sp³-hybridized carbons (Fsp3) is 0.588. The van der Waals surface area contributed by atoms with Crippen molar-refractivity contribution in [1.82, 2.24) is 5.32 Å². The number of aromatic hydroxyl groups is 1. The lowest BCUT2D eigenvalue weighted by Gasteiger charge is -2.28. The van der Waals surface area contributed by atoms with E-state index < -0.39 is 0 Å². The molecule has 114 valence electrons. The standard InChI is InChI=1S/C17H23NO3/c1-10(14-9-11-6-7-12(14)8-11)18-17(20)13-4-3-5-15(21-2)16(13)19/h3-5,10-12,14,19H,6-9H2,1-2H3,(H,18,20). The molecule has 2 N–H and O–H groups in total. The van der Waals surface area contributed by atoms with E-state index in [0.717, 1.165) is 11.8 Å². The number of rotatable bonds is 4. The van der Waals surface area contributed by atoms with Crippen molar-refractivity contribution in [2.24, 2.45) is 17.8 Å². The van der Waals surface area contributed by atoms with Crippen LogP contribution in [0.1, 0.15) is 43.0 Å². The first kappa shape index (κ1) is 14.2. The summed E-state index contributed by atoms with van der Waals surface area (Å²) in [7, 11) is 1.48. The molecule has 0 aliphatic heterocycles. The zero-order valence-corrected chi connectivity index (χ0v) is 12.6. The van der Waals surface area contributed by atoms with E-state index in [2.05, 4.69) is 12.2 Å². The Morgan fingerprint density at radius 3 is 2.81 bits per heavy atom. The van der Waals surface area contributed by atoms with Crippen LogP contribution in [0.2, 0.25) is 0 Å². The van der Waals surface area contributed by atoms with Gasteiger partial charge in [-0.1, -0.05) is 12.5 Å². The fourth-order valence-corrected chi connectivity index (χ4v) is 4.17. The summed E-state index contributed by atoms with van der Waals surface area (Å²) in [6.07, 6.45) is 5.23. The van der Waals surface area contributed by atoms with Gasteiger partial charge in [-0.25, -0.2) is 0 Å². The van der Waals surface area contributed by atoms with Crippen molar-refractivity contribution in [3.05, 3.63) is 23.8 Å². The van der Waals surface area contributed by atoms with Gasteiger partial charge in [0, 0.05) is 6.04 Å². The van der Waals surface area contributed by atoms with Crippen molar-refractivity contribution in [3.63, 3.8) is 0 Å². The summed E-state index contributed by atoms with van der Waals surface area (Å²) in [5.74, 6) is 2.24. The molecule has 4 unspecified atom stereocenters. The number of fused-ring (bicyclic) bond motifs is 2. The molecule has 0 saturated heterocycles. The number of phenols is 1. The minimum Gasteiger partial charge on any atom is -0.504 e. The maximum Gasteiger partial charge on any atom is 0.255 e. The van der Waals surface area contributed by atoms with Crippen molar-refractivity contribution in [3.8, 4) is 11.5 Å². The highest BCUT2D eigenvalue weighted by Gasteiger charge is 2.42. The SMILES string of the molecule is COc1cccc(C(=O)NC(C)C2CC3CCC2C3)c1O. The van der Waals surface area contributed by atoms with Crippen LogP contribution in [0.3, 0.4) is 0 Å². The predicted molar refractivity (Wildman–Crippen MR) is 80.5 cm³/mol. The highest BCUT2D eigenvalue weighted by atomic mass is 16.5. The first-order chi connectivity index (χ1) is 10.1. The molecule has 4 atom stereocenters. The molecular formula is C17H23NO3. The number of phenolic OH excluding ortho intramolecular Hbond substituents is 1. The van der Waals surface area contributed by atoms with Crippen LogP contribution in [-0.4, -0.2) is 24.2 Å². The van der Waals surface area contributed by atoms with Crippen molar-refractivity contribution < 1.29 is 14.6 Å². The molecule has 0 spiro atoms. The van der Waals surface area contributed by atoms with Gasteiger partial charge in [0.25, 0.3) is 5.91 Å². The molecule has 2 saturated carbocycles. The molecule has 1 aromatic carbocycles. The molecule has 3 rings (SSSR count). The molecule has 2 aliphatic rings. The minimum absolute atomic E-state index is 0.0855. The van der Waals surface area contributed by atoms with Gasteiger partial charge >= 0.3 is 0 Å². The Morgan fingerprint density at radius 1 is 1.38 bits per heavy atom. The average molecular weight is 289 g/mol. The lowest BCUT2D eigenvalue weighted by Crippen LogP contribution is -2.40. The van der Waals surface area contributed by atoms with Gasteiger partial charge in [0.05, 0.1) is 12.7 Å². The van der Waals surface area contributed by atoms with Crippen molar-refractivity contribution >= 4 is 5.91 Å². The minimum atomic E-state index is -0.221. The van der Waals surface area contributed by atoms with E-state index >= 15 is 0 Å². The summed E-state index contributed by atoms with van der Waals surface area (Å²) in [5.41, 5.74) is 0.282. The first-order valence-corrected chi connectivity index (χ1v) is 7.77. The van der Waals surface area contributed by atoms with Gasteiger partial charge < -0.3 is 15.2 Å². The maximum atomic E-state index is 12.4. The van der Waals surface area contributed by atoms with Crippen LogP contribution in [-0.2, 0) is 0 Å². The van der Waals surface area contributed by atoms with Gasteiger partial charge in [-0.3, -0.25) is 4.79 Å². The third-order valence-electron chi connectivity index (χ3n) is 5.26. The van der Waals surface area contributed by atoms with E-state index in [0.29, 0.717) is 11.7 Å². The van der Waals surface area contributed by atoms with Gasteiger partial charge in [-0.2, -0.15) is 0 Å². The molecule has 0 heterocycles. The number of benzene rings is 1. The third-order valence-corrected chi connectivity index (χ3v) is 5.26. The van der Waals surface area contributed by atoms with E-state index in [-0.39, 0.29) is 23.3 Å². The number of amides is 1. The molecule has 2 aliphatic carbocycles. The highest BCUT2D eigenvalue weighted by molar-refractivity contribution is 5.97. The van der Waals surface area contributed by atoms with Crippen LogP contribution in [0.4, 0.5) is 0 Å². The zero-order valence-electron chi connectivity index (χ0n) is 12.6. The normalized spacial score (nSPS) is 28.4. The fourth-order valence-electron chi connectivity index (χ4n) is 4.17. The Hall–Kier alpha value is -1.71. The average Bonchev–Trinajstić information content (AvgIpc) is 3.10. The predicted octanol–water partition coefficient (Wildman–Crippen LogP) is 2.96. The Kier molecular flexibility index (Phi) is 3.79. The summed E-state index contributed by atoms with van der Waals surface area (Å²) in [4.78, 5) is 12.4. The van der Waals surface area contributed by atoms with Gasteiger partial charge in [0.15, 0.2) is 11.5 Å². The number of hydrogen-bond acceptors (Lipinski definition) is 3. The number of para-hydroxylation sites is 1. The Labute approximate surface area is 125 Å². The molecule has 0 aromatic heterocycles. The first-order valence-electron chi connectivity index (χ1n) is 7.77. The zero-order chi connectivity index (χ0) is 15.0. The quantitative estimate of drug-likeness (QED) is 0.896. The van der Waals surface area contributed by atoms with Crippen molar-refractivity contribution in [1.29, 1.82) is 0 Å². The van der Waals surface area contributed by atoms with Gasteiger partial charge in [0.2, 0.25) is 0 Å². The van der Waals surface area contributed by atoms with Gasteiger partial charge in [-0.15, -0.1) is 0 Å². The second kappa shape index (κ2) is 5.58. The Balaban J connectivity index is 1.69. The lowest BCUT2D eigenvalue weighted by molar-refractivity contribution is 0.0912. The monoisotopic (exact) mass is 289 g/mol. The molecule has 2 bridgehead atoms. The van der Waals surface area contributed by atoms with E-state index in [1.807, 2.05) is 0 Å². The number of methoxy groups -OCH3 is 1. The van der Waals surface area contributed by atoms with E-state index in [1.54, 1.807) is 18.2 Å². The topological polar surface area (TPSA) is 58.6 Å². The summed E-state index contributed by atoms with van der Waals surface area (Å²) in [6.45, 7) is 2.08. The molecule has 4 nitrogen and oxygen atoms in total.